The lowest BCUT2D eigenvalue weighted by Gasteiger charge is -2.04. The van der Waals surface area contributed by atoms with Crippen molar-refractivity contribution < 1.29 is 4.39 Å². The molecule has 2 rings (SSSR count). The molecule has 0 radical (unpaired) electrons. The van der Waals surface area contributed by atoms with E-state index in [9.17, 15) is 4.39 Å². The van der Waals surface area contributed by atoms with Crippen molar-refractivity contribution >= 4 is 0 Å². The predicted molar refractivity (Wildman–Crippen MR) is 65.1 cm³/mol. The van der Waals surface area contributed by atoms with Gasteiger partial charge in [0.2, 0.25) is 0 Å². The van der Waals surface area contributed by atoms with Gasteiger partial charge in [-0.2, -0.15) is 0 Å². The molecule has 0 amide bonds. The van der Waals surface area contributed by atoms with Gasteiger partial charge in [-0.25, -0.2) is 4.39 Å². The third-order valence-electron chi connectivity index (χ3n) is 3.37. The van der Waals surface area contributed by atoms with E-state index in [0.29, 0.717) is 5.92 Å². The Labute approximate surface area is 97.1 Å². The van der Waals surface area contributed by atoms with Gasteiger partial charge in [-0.3, -0.25) is 0 Å². The van der Waals surface area contributed by atoms with Gasteiger partial charge in [0.1, 0.15) is 5.82 Å². The van der Waals surface area contributed by atoms with Crippen LogP contribution in [0.4, 0.5) is 4.39 Å². The van der Waals surface area contributed by atoms with Gasteiger partial charge < -0.3 is 5.32 Å². The number of hydrogen-bond donors (Lipinski definition) is 1. The number of aryl methyl sites for hydroxylation is 1. The number of hydrogen-bond acceptors (Lipinski definition) is 1. The molecular formula is C14H20FN. The van der Waals surface area contributed by atoms with E-state index in [-0.39, 0.29) is 5.82 Å². The van der Waals surface area contributed by atoms with E-state index in [1.165, 1.54) is 18.4 Å². The van der Waals surface area contributed by atoms with E-state index in [1.54, 1.807) is 6.07 Å². The molecule has 2 heteroatoms. The van der Waals surface area contributed by atoms with Crippen LogP contribution in [0.15, 0.2) is 18.2 Å². The van der Waals surface area contributed by atoms with Crippen molar-refractivity contribution in [3.05, 3.63) is 35.1 Å². The Morgan fingerprint density at radius 1 is 1.44 bits per heavy atom. The fourth-order valence-corrected chi connectivity index (χ4v) is 2.24. The van der Waals surface area contributed by atoms with Gasteiger partial charge in [0.15, 0.2) is 0 Å². The van der Waals surface area contributed by atoms with Gasteiger partial charge in [0.25, 0.3) is 0 Å². The molecule has 88 valence electrons. The van der Waals surface area contributed by atoms with E-state index in [0.717, 1.165) is 24.6 Å². The standard InChI is InChI=1S/C14H20FN/c1-3-6-16-9-12-8-13(12)11-4-5-14(15)10(2)7-11/h4-5,7,12-13,16H,3,6,8-9H2,1-2H3. The molecule has 1 N–H and O–H groups in total. The Balaban J connectivity index is 1.88. The van der Waals surface area contributed by atoms with Crippen molar-refractivity contribution in [2.75, 3.05) is 13.1 Å². The first kappa shape index (κ1) is 11.6. The van der Waals surface area contributed by atoms with Crippen molar-refractivity contribution in [3.63, 3.8) is 0 Å². The fraction of sp³-hybridized carbons (Fsp3) is 0.571. The molecule has 1 nitrogen and oxygen atoms in total. The largest absolute Gasteiger partial charge is 0.316 e. The molecule has 0 spiro atoms. The van der Waals surface area contributed by atoms with Gasteiger partial charge in [-0.1, -0.05) is 19.1 Å². The number of rotatable bonds is 5. The summed E-state index contributed by atoms with van der Waals surface area (Å²) in [4.78, 5) is 0. The number of benzene rings is 1. The van der Waals surface area contributed by atoms with Crippen molar-refractivity contribution in [1.29, 1.82) is 0 Å². The third kappa shape index (κ3) is 2.62. The zero-order valence-corrected chi connectivity index (χ0v) is 10.1. The zero-order valence-electron chi connectivity index (χ0n) is 10.1. The van der Waals surface area contributed by atoms with Crippen LogP contribution in [0, 0.1) is 18.7 Å². The molecule has 2 atom stereocenters. The van der Waals surface area contributed by atoms with Crippen molar-refractivity contribution in [2.24, 2.45) is 5.92 Å². The smallest absolute Gasteiger partial charge is 0.126 e. The highest BCUT2D eigenvalue weighted by Gasteiger charge is 2.37. The minimum Gasteiger partial charge on any atom is -0.316 e. The first-order valence-electron chi connectivity index (χ1n) is 6.19. The topological polar surface area (TPSA) is 12.0 Å². The minimum absolute atomic E-state index is 0.0925. The summed E-state index contributed by atoms with van der Waals surface area (Å²) in [5.74, 6) is 1.32. The number of nitrogens with one attached hydrogen (secondary N) is 1. The molecule has 0 heterocycles. The summed E-state index contributed by atoms with van der Waals surface area (Å²) in [5, 5.41) is 3.45. The SMILES string of the molecule is CCCNCC1CC1c1ccc(F)c(C)c1. The Bertz CT molecular complexity index is 362. The third-order valence-corrected chi connectivity index (χ3v) is 3.37. The molecule has 0 saturated heterocycles. The van der Waals surface area contributed by atoms with Crippen LogP contribution in [0.2, 0.25) is 0 Å². The maximum atomic E-state index is 13.1. The van der Waals surface area contributed by atoms with E-state index in [4.69, 9.17) is 0 Å². The highest BCUT2D eigenvalue weighted by Crippen LogP contribution is 2.47. The van der Waals surface area contributed by atoms with Gasteiger partial charge in [-0.05, 0) is 61.9 Å². The minimum atomic E-state index is -0.0925. The van der Waals surface area contributed by atoms with Crippen LogP contribution < -0.4 is 5.32 Å². The first-order chi connectivity index (χ1) is 7.72. The van der Waals surface area contributed by atoms with Crippen LogP contribution in [0.25, 0.3) is 0 Å². The quantitative estimate of drug-likeness (QED) is 0.753. The average molecular weight is 221 g/mol. The van der Waals surface area contributed by atoms with Gasteiger partial charge in [-0.15, -0.1) is 0 Å². The van der Waals surface area contributed by atoms with Gasteiger partial charge in [0, 0.05) is 0 Å². The summed E-state index contributed by atoms with van der Waals surface area (Å²) in [6.45, 7) is 6.23. The molecule has 0 aromatic heterocycles. The second-order valence-electron chi connectivity index (χ2n) is 4.82. The van der Waals surface area contributed by atoms with Gasteiger partial charge in [0.05, 0.1) is 0 Å². The summed E-state index contributed by atoms with van der Waals surface area (Å²) in [6.07, 6.45) is 2.44. The molecule has 2 unspecified atom stereocenters. The molecule has 1 aliphatic carbocycles. The molecule has 1 aromatic carbocycles. The molecule has 1 saturated carbocycles. The molecule has 1 aliphatic rings. The maximum Gasteiger partial charge on any atom is 0.126 e. The average Bonchev–Trinajstić information content (AvgIpc) is 3.02. The molecular weight excluding hydrogens is 201 g/mol. The number of halogens is 1. The fourth-order valence-electron chi connectivity index (χ4n) is 2.24. The van der Waals surface area contributed by atoms with Crippen LogP contribution >= 0.6 is 0 Å². The molecule has 1 fully saturated rings. The van der Waals surface area contributed by atoms with Gasteiger partial charge >= 0.3 is 0 Å². The molecule has 0 aliphatic heterocycles. The van der Waals surface area contributed by atoms with Crippen LogP contribution in [-0.4, -0.2) is 13.1 Å². The second-order valence-corrected chi connectivity index (χ2v) is 4.82. The Hall–Kier alpha value is -0.890. The molecule has 0 bridgehead atoms. The first-order valence-corrected chi connectivity index (χ1v) is 6.19. The normalized spacial score (nSPS) is 23.4. The van der Waals surface area contributed by atoms with E-state index in [2.05, 4.69) is 12.2 Å². The lowest BCUT2D eigenvalue weighted by atomic mass is 10.1. The molecule has 1 aromatic rings. The van der Waals surface area contributed by atoms with Crippen LogP contribution in [0.3, 0.4) is 0 Å². The summed E-state index contributed by atoms with van der Waals surface area (Å²) in [7, 11) is 0. The van der Waals surface area contributed by atoms with Crippen LogP contribution in [-0.2, 0) is 0 Å². The summed E-state index contributed by atoms with van der Waals surface area (Å²) in [6, 6.07) is 5.53. The monoisotopic (exact) mass is 221 g/mol. The highest BCUT2D eigenvalue weighted by molar-refractivity contribution is 5.30. The Morgan fingerprint density at radius 2 is 2.25 bits per heavy atom. The van der Waals surface area contributed by atoms with Crippen molar-refractivity contribution in [2.45, 2.75) is 32.6 Å². The van der Waals surface area contributed by atoms with E-state index in [1.807, 2.05) is 19.1 Å². The van der Waals surface area contributed by atoms with E-state index < -0.39 is 0 Å². The lowest BCUT2D eigenvalue weighted by molar-refractivity contribution is 0.612. The van der Waals surface area contributed by atoms with Crippen LogP contribution in [0.5, 0.6) is 0 Å². The highest BCUT2D eigenvalue weighted by atomic mass is 19.1. The lowest BCUT2D eigenvalue weighted by Crippen LogP contribution is -2.17. The summed E-state index contributed by atoms with van der Waals surface area (Å²) < 4.78 is 13.1. The Kier molecular flexibility index (Phi) is 3.59. The summed E-state index contributed by atoms with van der Waals surface area (Å²) in [5.41, 5.74) is 2.08. The Morgan fingerprint density at radius 3 is 2.94 bits per heavy atom. The molecule has 16 heavy (non-hydrogen) atoms. The van der Waals surface area contributed by atoms with Crippen molar-refractivity contribution in [3.8, 4) is 0 Å². The van der Waals surface area contributed by atoms with E-state index >= 15 is 0 Å². The van der Waals surface area contributed by atoms with Crippen LogP contribution in [0.1, 0.15) is 36.8 Å². The maximum absolute atomic E-state index is 13.1. The van der Waals surface area contributed by atoms with Crippen molar-refractivity contribution in [1.82, 2.24) is 5.32 Å². The predicted octanol–water partition coefficient (Wildman–Crippen LogP) is 3.24. The second kappa shape index (κ2) is 4.96. The zero-order chi connectivity index (χ0) is 11.5. The summed E-state index contributed by atoms with van der Waals surface area (Å²) >= 11 is 0.